The molecule has 0 saturated carbocycles. The van der Waals surface area contributed by atoms with Gasteiger partial charge in [0.15, 0.2) is 6.20 Å². The van der Waals surface area contributed by atoms with Crippen molar-refractivity contribution < 1.29 is 4.81 Å². The maximum absolute atomic E-state index is 4.77. The van der Waals surface area contributed by atoms with E-state index >= 15 is 0 Å². The zero-order chi connectivity index (χ0) is 11.6. The lowest BCUT2D eigenvalue weighted by molar-refractivity contribution is -1.09. The fourth-order valence-corrected chi connectivity index (χ4v) is 3.19. The molecule has 0 atom stereocenters. The second-order valence-corrected chi connectivity index (χ2v) is 5.25. The summed E-state index contributed by atoms with van der Waals surface area (Å²) in [5, 5.41) is 9.81. The van der Waals surface area contributed by atoms with Gasteiger partial charge < -0.3 is 0 Å². The van der Waals surface area contributed by atoms with Crippen LogP contribution >= 0.6 is 0 Å². The van der Waals surface area contributed by atoms with Crippen LogP contribution in [-0.4, -0.2) is 47.2 Å². The van der Waals surface area contributed by atoms with Gasteiger partial charge in [-0.2, -0.15) is 0 Å². The second kappa shape index (κ2) is 4.88. The van der Waals surface area contributed by atoms with Crippen LogP contribution in [0, 0.1) is 0 Å². The van der Waals surface area contributed by atoms with Crippen LogP contribution in [0.5, 0.6) is 0 Å². The van der Waals surface area contributed by atoms with Crippen LogP contribution in [0.4, 0.5) is 0 Å². The number of rotatable bonds is 2. The van der Waals surface area contributed by atoms with Gasteiger partial charge in [-0.3, -0.25) is 0 Å². The summed E-state index contributed by atoms with van der Waals surface area (Å²) >= 11 is 0. The Kier molecular flexibility index (Phi) is 3.27. The molecule has 2 fully saturated rings. The lowest BCUT2D eigenvalue weighted by Crippen LogP contribution is -2.64. The van der Waals surface area contributed by atoms with Crippen LogP contribution in [0.2, 0.25) is 0 Å². The van der Waals surface area contributed by atoms with Crippen LogP contribution < -0.4 is 0 Å². The molecule has 0 aromatic rings. The Hall–Kier alpha value is -0.710. The van der Waals surface area contributed by atoms with Gasteiger partial charge in [0, 0.05) is 6.08 Å². The Balaban J connectivity index is 1.81. The molecule has 3 aliphatic heterocycles. The van der Waals surface area contributed by atoms with Gasteiger partial charge in [-0.1, -0.05) is 12.8 Å². The molecular weight excluding hydrogens is 212 g/mol. The summed E-state index contributed by atoms with van der Waals surface area (Å²) in [4.78, 5) is 0.639. The molecule has 0 aromatic carbocycles. The van der Waals surface area contributed by atoms with Crippen molar-refractivity contribution in [3.05, 3.63) is 12.3 Å². The molecule has 0 spiro atoms. The van der Waals surface area contributed by atoms with Crippen LogP contribution in [0.1, 0.15) is 38.5 Å². The molecule has 3 aliphatic rings. The Morgan fingerprint density at radius 3 is 1.71 bits per heavy atom. The topological polar surface area (TPSA) is 18.8 Å². The predicted molar refractivity (Wildman–Crippen MR) is 68.7 cm³/mol. The molecule has 4 nitrogen and oxygen atoms in total. The van der Waals surface area contributed by atoms with Gasteiger partial charge in [0.25, 0.3) is 0 Å². The van der Waals surface area contributed by atoms with E-state index in [1.165, 1.54) is 64.7 Å². The first kappa shape index (κ1) is 11.4. The summed E-state index contributed by atoms with van der Waals surface area (Å²) in [6.07, 6.45) is 14.3. The summed E-state index contributed by atoms with van der Waals surface area (Å²) in [7, 11) is 0. The lowest BCUT2D eigenvalue weighted by Gasteiger charge is -2.44. The quantitative estimate of drug-likeness (QED) is 0.683. The smallest absolute Gasteiger partial charge is 0.104 e. The molecule has 94 valence electrons. The SMILES string of the molecule is C1=C[N+](N2CCCCC2)(N2CCCCC2)N=C1. The van der Waals surface area contributed by atoms with Crippen molar-refractivity contribution >= 4 is 6.21 Å². The first-order chi connectivity index (χ1) is 8.42. The Morgan fingerprint density at radius 2 is 1.29 bits per heavy atom. The van der Waals surface area contributed by atoms with Crippen molar-refractivity contribution in [1.82, 2.24) is 10.0 Å². The maximum Gasteiger partial charge on any atom is 0.166 e. The number of quaternary nitrogens is 1. The van der Waals surface area contributed by atoms with E-state index in [2.05, 4.69) is 22.3 Å². The number of nitrogens with zero attached hydrogens (tertiary/aromatic N) is 4. The van der Waals surface area contributed by atoms with Crippen molar-refractivity contribution in [2.75, 3.05) is 26.2 Å². The third-order valence-electron chi connectivity index (χ3n) is 4.11. The maximum atomic E-state index is 4.77. The van der Waals surface area contributed by atoms with Gasteiger partial charge in [-0.05, 0) is 35.6 Å². The molecule has 0 bridgehead atoms. The van der Waals surface area contributed by atoms with Crippen LogP contribution in [0.25, 0.3) is 0 Å². The lowest BCUT2D eigenvalue weighted by atomic mass is 10.1. The summed E-state index contributed by atoms with van der Waals surface area (Å²) in [6.45, 7) is 4.72. The third-order valence-corrected chi connectivity index (χ3v) is 4.11. The standard InChI is InChI=1S/C13H23N4/c1-3-9-15(10-4-1)17(13-7-8-14-17)16-11-5-2-6-12-16/h7-8,13H,1-6,9-12H2/q+1. The van der Waals surface area contributed by atoms with Gasteiger partial charge in [0.05, 0.1) is 32.4 Å². The molecule has 4 heteroatoms. The van der Waals surface area contributed by atoms with Gasteiger partial charge in [-0.25, -0.2) is 0 Å². The zero-order valence-electron chi connectivity index (χ0n) is 10.6. The van der Waals surface area contributed by atoms with Crippen molar-refractivity contribution in [2.45, 2.75) is 38.5 Å². The minimum absolute atomic E-state index is 0.639. The highest BCUT2D eigenvalue weighted by atomic mass is 16.1. The normalized spacial score (nSPS) is 29.9. The highest BCUT2D eigenvalue weighted by molar-refractivity contribution is 5.71. The van der Waals surface area contributed by atoms with E-state index in [4.69, 9.17) is 5.10 Å². The number of hydrogen-bond donors (Lipinski definition) is 0. The Labute approximate surface area is 104 Å². The molecule has 3 heterocycles. The molecule has 0 aliphatic carbocycles. The van der Waals surface area contributed by atoms with E-state index < -0.39 is 0 Å². The second-order valence-electron chi connectivity index (χ2n) is 5.25. The minimum Gasteiger partial charge on any atom is -0.104 e. The number of allylic oxidation sites excluding steroid dienone is 1. The first-order valence-corrected chi connectivity index (χ1v) is 7.05. The predicted octanol–water partition coefficient (Wildman–Crippen LogP) is 2.12. The summed E-state index contributed by atoms with van der Waals surface area (Å²) < 4.78 is 0. The van der Waals surface area contributed by atoms with Crippen LogP contribution in [-0.2, 0) is 0 Å². The molecule has 0 aromatic heterocycles. The number of piperidine rings is 2. The summed E-state index contributed by atoms with van der Waals surface area (Å²) in [5.74, 6) is 0. The average Bonchev–Trinajstić information content (AvgIpc) is 2.91. The molecule has 0 radical (unpaired) electrons. The zero-order valence-corrected chi connectivity index (χ0v) is 10.6. The van der Waals surface area contributed by atoms with Crippen molar-refractivity contribution in [3.63, 3.8) is 0 Å². The molecule has 3 rings (SSSR count). The van der Waals surface area contributed by atoms with E-state index in [0.29, 0.717) is 4.81 Å². The Morgan fingerprint density at radius 1 is 0.765 bits per heavy atom. The van der Waals surface area contributed by atoms with E-state index in [1.54, 1.807) is 0 Å². The molecule has 0 unspecified atom stereocenters. The Bertz CT molecular complexity index is 279. The molecule has 0 amide bonds. The van der Waals surface area contributed by atoms with E-state index in [1.807, 2.05) is 6.21 Å². The van der Waals surface area contributed by atoms with Crippen LogP contribution in [0.15, 0.2) is 17.4 Å². The fourth-order valence-electron chi connectivity index (χ4n) is 3.19. The highest BCUT2D eigenvalue weighted by Crippen LogP contribution is 2.29. The molecular formula is C13H23N4+. The molecule has 0 N–H and O–H groups in total. The van der Waals surface area contributed by atoms with Gasteiger partial charge in [0.1, 0.15) is 0 Å². The largest absolute Gasteiger partial charge is 0.166 e. The summed E-state index contributed by atoms with van der Waals surface area (Å²) in [6, 6.07) is 0. The van der Waals surface area contributed by atoms with Crippen LogP contribution in [0.3, 0.4) is 0 Å². The van der Waals surface area contributed by atoms with Crippen molar-refractivity contribution in [1.29, 1.82) is 0 Å². The average molecular weight is 235 g/mol. The summed E-state index contributed by atoms with van der Waals surface area (Å²) in [5.41, 5.74) is 0. The first-order valence-electron chi connectivity index (χ1n) is 7.05. The fraction of sp³-hybridized carbons (Fsp3) is 0.769. The third kappa shape index (κ3) is 2.05. The van der Waals surface area contributed by atoms with Crippen molar-refractivity contribution in [2.24, 2.45) is 5.10 Å². The minimum atomic E-state index is 0.639. The highest BCUT2D eigenvalue weighted by Gasteiger charge is 2.43. The van der Waals surface area contributed by atoms with E-state index in [0.717, 1.165) is 0 Å². The van der Waals surface area contributed by atoms with E-state index in [9.17, 15) is 0 Å². The molecule has 17 heavy (non-hydrogen) atoms. The molecule has 2 saturated heterocycles. The monoisotopic (exact) mass is 235 g/mol. The van der Waals surface area contributed by atoms with Gasteiger partial charge in [0.2, 0.25) is 0 Å². The van der Waals surface area contributed by atoms with E-state index in [-0.39, 0.29) is 0 Å². The van der Waals surface area contributed by atoms with Gasteiger partial charge in [-0.15, -0.1) is 10.0 Å². The van der Waals surface area contributed by atoms with Gasteiger partial charge >= 0.3 is 0 Å². The number of hydrogen-bond acceptors (Lipinski definition) is 3. The van der Waals surface area contributed by atoms with Crippen molar-refractivity contribution in [3.8, 4) is 0 Å².